The van der Waals surface area contributed by atoms with Crippen LogP contribution in [0.3, 0.4) is 0 Å². The molecule has 6 atom stereocenters. The fourth-order valence-electron chi connectivity index (χ4n) is 4.38. The third kappa shape index (κ3) is 4.61. The standard InChI is InChI=1S/C23H22BrF3N4O4/c1-11-29-21(31(30-11)15-9-13(24)7-8-14(15)23(25,26)27)20-18(32)17(28)19-16(34-20)10-33-22(35-19)12-5-3-2-4-6-12/h2-9,16-20,22,32H,10,28H2,1H3/t16-,17-,18-,19+,20-,22?/m1/s1. The number of aryl methyl sites for hydroxylation is 1. The van der Waals surface area contributed by atoms with E-state index in [4.69, 9.17) is 19.9 Å². The summed E-state index contributed by atoms with van der Waals surface area (Å²) in [6, 6.07) is 11.9. The van der Waals surface area contributed by atoms with Crippen LogP contribution >= 0.6 is 15.9 Å². The highest BCUT2D eigenvalue weighted by atomic mass is 79.9. The van der Waals surface area contributed by atoms with E-state index < -0.39 is 48.5 Å². The van der Waals surface area contributed by atoms with Gasteiger partial charge in [0.05, 0.1) is 23.9 Å². The number of fused-ring (bicyclic) bond motifs is 1. The summed E-state index contributed by atoms with van der Waals surface area (Å²) >= 11 is 3.22. The molecule has 35 heavy (non-hydrogen) atoms. The summed E-state index contributed by atoms with van der Waals surface area (Å²) in [7, 11) is 0. The number of aromatic nitrogens is 3. The zero-order valence-corrected chi connectivity index (χ0v) is 20.0. The fraction of sp³-hybridized carbons (Fsp3) is 0.391. The third-order valence-corrected chi connectivity index (χ3v) is 6.52. The molecule has 0 radical (unpaired) electrons. The van der Waals surface area contributed by atoms with Crippen molar-refractivity contribution in [2.24, 2.45) is 5.73 Å². The second kappa shape index (κ2) is 9.26. The highest BCUT2D eigenvalue weighted by Crippen LogP contribution is 2.40. The Morgan fingerprint density at radius 2 is 1.89 bits per heavy atom. The average Bonchev–Trinajstić information content (AvgIpc) is 3.22. The number of hydrogen-bond acceptors (Lipinski definition) is 7. The fourth-order valence-corrected chi connectivity index (χ4v) is 4.73. The number of aliphatic hydroxyl groups is 1. The van der Waals surface area contributed by atoms with Crippen LogP contribution in [0.2, 0.25) is 0 Å². The van der Waals surface area contributed by atoms with Crippen LogP contribution in [-0.2, 0) is 20.4 Å². The summed E-state index contributed by atoms with van der Waals surface area (Å²) in [5.41, 5.74) is 5.99. The largest absolute Gasteiger partial charge is 0.418 e. The van der Waals surface area contributed by atoms with E-state index in [1.807, 2.05) is 30.3 Å². The zero-order chi connectivity index (χ0) is 24.9. The van der Waals surface area contributed by atoms with Gasteiger partial charge in [0.15, 0.2) is 12.1 Å². The van der Waals surface area contributed by atoms with Crippen LogP contribution in [0.5, 0.6) is 0 Å². The second-order valence-electron chi connectivity index (χ2n) is 8.43. The number of nitrogens with two attached hydrogens (primary N) is 1. The molecule has 5 rings (SSSR count). The Bertz CT molecular complexity index is 1210. The van der Waals surface area contributed by atoms with Crippen molar-refractivity contribution < 1.29 is 32.5 Å². The highest BCUT2D eigenvalue weighted by molar-refractivity contribution is 9.10. The highest BCUT2D eigenvalue weighted by Gasteiger charge is 2.50. The van der Waals surface area contributed by atoms with Crippen LogP contribution in [0, 0.1) is 6.92 Å². The molecule has 2 saturated heterocycles. The van der Waals surface area contributed by atoms with Crippen molar-refractivity contribution in [2.45, 2.75) is 49.8 Å². The number of halogens is 4. The average molecular weight is 555 g/mol. The van der Waals surface area contributed by atoms with Gasteiger partial charge in [0.25, 0.3) is 0 Å². The molecule has 0 amide bonds. The molecule has 2 fully saturated rings. The molecule has 186 valence electrons. The molecule has 12 heteroatoms. The minimum atomic E-state index is -4.64. The molecule has 0 saturated carbocycles. The van der Waals surface area contributed by atoms with Crippen LogP contribution in [0.15, 0.2) is 53.0 Å². The van der Waals surface area contributed by atoms with E-state index in [2.05, 4.69) is 26.0 Å². The van der Waals surface area contributed by atoms with Gasteiger partial charge in [0, 0.05) is 10.0 Å². The number of ether oxygens (including phenoxy) is 3. The maximum atomic E-state index is 13.8. The van der Waals surface area contributed by atoms with Crippen LogP contribution in [0.1, 0.15) is 35.2 Å². The lowest BCUT2D eigenvalue weighted by Crippen LogP contribution is -2.62. The Morgan fingerprint density at radius 1 is 1.14 bits per heavy atom. The van der Waals surface area contributed by atoms with E-state index >= 15 is 0 Å². The monoisotopic (exact) mass is 554 g/mol. The van der Waals surface area contributed by atoms with Crippen molar-refractivity contribution in [1.29, 1.82) is 0 Å². The third-order valence-electron chi connectivity index (χ3n) is 6.02. The Morgan fingerprint density at radius 3 is 2.60 bits per heavy atom. The van der Waals surface area contributed by atoms with Crippen molar-refractivity contribution in [2.75, 3.05) is 6.61 Å². The smallest absolute Gasteiger partial charge is 0.388 e. The van der Waals surface area contributed by atoms with Gasteiger partial charge >= 0.3 is 6.18 Å². The summed E-state index contributed by atoms with van der Waals surface area (Å²) in [6.07, 6.45) is -9.18. The molecular formula is C23H22BrF3N4O4. The van der Waals surface area contributed by atoms with E-state index in [0.29, 0.717) is 4.47 Å². The maximum absolute atomic E-state index is 13.8. The Kier molecular flexibility index (Phi) is 6.45. The van der Waals surface area contributed by atoms with Gasteiger partial charge in [-0.15, -0.1) is 0 Å². The van der Waals surface area contributed by atoms with Crippen molar-refractivity contribution in [1.82, 2.24) is 14.8 Å². The number of hydrogen-bond donors (Lipinski definition) is 2. The van der Waals surface area contributed by atoms with Gasteiger partial charge in [-0.25, -0.2) is 9.67 Å². The summed E-state index contributed by atoms with van der Waals surface area (Å²) in [5, 5.41) is 15.2. The molecule has 0 aliphatic carbocycles. The van der Waals surface area contributed by atoms with Crippen molar-refractivity contribution >= 4 is 15.9 Å². The van der Waals surface area contributed by atoms with Crippen LogP contribution in [-0.4, -0.2) is 50.8 Å². The molecule has 8 nitrogen and oxygen atoms in total. The molecule has 2 aromatic carbocycles. The van der Waals surface area contributed by atoms with Gasteiger partial charge < -0.3 is 25.1 Å². The SMILES string of the molecule is Cc1nc([C@@H]2O[C@@H]3COC(c4ccccc4)O[C@@H]3[C@H](N)[C@H]2O)n(-c2cc(Br)ccc2C(F)(F)F)n1. The summed E-state index contributed by atoms with van der Waals surface area (Å²) in [5.74, 6) is 0.206. The summed E-state index contributed by atoms with van der Waals surface area (Å²) in [6.45, 7) is 1.65. The van der Waals surface area contributed by atoms with E-state index in [9.17, 15) is 18.3 Å². The topological polar surface area (TPSA) is 105 Å². The lowest BCUT2D eigenvalue weighted by molar-refractivity contribution is -0.309. The molecule has 3 N–H and O–H groups in total. The number of nitrogens with zero attached hydrogens (tertiary/aromatic N) is 3. The van der Waals surface area contributed by atoms with E-state index in [1.54, 1.807) is 6.92 Å². The molecule has 1 unspecified atom stereocenters. The van der Waals surface area contributed by atoms with Gasteiger partial charge in [-0.2, -0.15) is 18.3 Å². The van der Waals surface area contributed by atoms with Gasteiger partial charge in [0.1, 0.15) is 30.2 Å². The number of benzene rings is 2. The van der Waals surface area contributed by atoms with Crippen LogP contribution < -0.4 is 5.73 Å². The lowest BCUT2D eigenvalue weighted by Gasteiger charge is -2.46. The van der Waals surface area contributed by atoms with Crippen molar-refractivity contribution in [3.8, 4) is 5.69 Å². The predicted molar refractivity (Wildman–Crippen MR) is 120 cm³/mol. The van der Waals surface area contributed by atoms with Crippen molar-refractivity contribution in [3.63, 3.8) is 0 Å². The Balaban J connectivity index is 1.47. The van der Waals surface area contributed by atoms with E-state index in [0.717, 1.165) is 16.3 Å². The summed E-state index contributed by atoms with van der Waals surface area (Å²) in [4.78, 5) is 4.30. The molecule has 0 bridgehead atoms. The molecule has 3 heterocycles. The van der Waals surface area contributed by atoms with Gasteiger partial charge in [0.2, 0.25) is 0 Å². The van der Waals surface area contributed by atoms with E-state index in [-0.39, 0.29) is 23.9 Å². The van der Waals surface area contributed by atoms with Gasteiger partial charge in [-0.1, -0.05) is 46.3 Å². The van der Waals surface area contributed by atoms with Gasteiger partial charge in [-0.3, -0.25) is 0 Å². The van der Waals surface area contributed by atoms with Gasteiger partial charge in [-0.05, 0) is 25.1 Å². The first-order chi connectivity index (χ1) is 16.6. The number of aliphatic hydroxyl groups excluding tert-OH is 1. The molecule has 1 aromatic heterocycles. The lowest BCUT2D eigenvalue weighted by atomic mass is 9.92. The Labute approximate surface area is 206 Å². The summed E-state index contributed by atoms with van der Waals surface area (Å²) < 4.78 is 60.7. The first-order valence-electron chi connectivity index (χ1n) is 10.9. The van der Waals surface area contributed by atoms with E-state index in [1.165, 1.54) is 12.1 Å². The quantitative estimate of drug-likeness (QED) is 0.509. The van der Waals surface area contributed by atoms with Crippen LogP contribution in [0.25, 0.3) is 5.69 Å². The minimum Gasteiger partial charge on any atom is -0.388 e. The molecule has 0 spiro atoms. The zero-order valence-electron chi connectivity index (χ0n) is 18.4. The molecular weight excluding hydrogens is 533 g/mol. The normalized spacial score (nSPS) is 29.1. The minimum absolute atomic E-state index is 0.00215. The molecule has 2 aliphatic rings. The van der Waals surface area contributed by atoms with Crippen LogP contribution in [0.4, 0.5) is 13.2 Å². The first kappa shape index (κ1) is 24.3. The van der Waals surface area contributed by atoms with Crippen molar-refractivity contribution in [3.05, 3.63) is 75.8 Å². The number of alkyl halides is 3. The first-order valence-corrected chi connectivity index (χ1v) is 11.6. The Hall–Kier alpha value is -2.35. The number of rotatable bonds is 3. The molecule has 2 aliphatic heterocycles. The second-order valence-corrected chi connectivity index (χ2v) is 9.34. The molecule has 3 aromatic rings. The maximum Gasteiger partial charge on any atom is 0.418 e. The predicted octanol–water partition coefficient (Wildman–Crippen LogP) is 3.60.